The largest absolute Gasteiger partial charge is 0.487 e. The van der Waals surface area contributed by atoms with Crippen LogP contribution in [0.1, 0.15) is 36.6 Å². The summed E-state index contributed by atoms with van der Waals surface area (Å²) in [5, 5.41) is 10.6. The SMILES string of the molecule is CC1(C)Cc2cccc(C(O)Cc3ccc(Br)cc3)c2O1. The van der Waals surface area contributed by atoms with Gasteiger partial charge in [-0.05, 0) is 37.1 Å². The molecule has 1 unspecified atom stereocenters. The normalized spacial score (nSPS) is 17.1. The Morgan fingerprint density at radius 2 is 1.90 bits per heavy atom. The van der Waals surface area contributed by atoms with Gasteiger partial charge in [0.2, 0.25) is 0 Å². The second-order valence-corrected chi connectivity index (χ2v) is 7.14. The number of benzene rings is 2. The first kappa shape index (κ1) is 14.6. The third-order valence-electron chi connectivity index (χ3n) is 3.82. The van der Waals surface area contributed by atoms with E-state index >= 15 is 0 Å². The van der Waals surface area contributed by atoms with Crippen LogP contribution in [0.2, 0.25) is 0 Å². The smallest absolute Gasteiger partial charge is 0.129 e. The van der Waals surface area contributed by atoms with E-state index in [4.69, 9.17) is 4.74 Å². The van der Waals surface area contributed by atoms with Gasteiger partial charge >= 0.3 is 0 Å². The van der Waals surface area contributed by atoms with Gasteiger partial charge in [0.25, 0.3) is 0 Å². The molecular weight excluding hydrogens is 328 g/mol. The monoisotopic (exact) mass is 346 g/mol. The van der Waals surface area contributed by atoms with Gasteiger partial charge in [0.15, 0.2) is 0 Å². The van der Waals surface area contributed by atoms with Crippen molar-refractivity contribution in [3.63, 3.8) is 0 Å². The maximum absolute atomic E-state index is 10.6. The molecule has 2 aromatic carbocycles. The highest BCUT2D eigenvalue weighted by atomic mass is 79.9. The first-order chi connectivity index (χ1) is 9.94. The lowest BCUT2D eigenvalue weighted by Gasteiger charge is -2.20. The van der Waals surface area contributed by atoms with Gasteiger partial charge in [-0.1, -0.05) is 46.3 Å². The first-order valence-electron chi connectivity index (χ1n) is 7.18. The molecule has 0 bridgehead atoms. The highest BCUT2D eigenvalue weighted by molar-refractivity contribution is 9.10. The number of ether oxygens (including phenoxy) is 1. The molecule has 1 aliphatic heterocycles. The minimum Gasteiger partial charge on any atom is -0.487 e. The molecule has 0 fully saturated rings. The number of hydrogen-bond donors (Lipinski definition) is 1. The molecule has 2 aromatic rings. The van der Waals surface area contributed by atoms with Crippen LogP contribution in [-0.2, 0) is 12.8 Å². The van der Waals surface area contributed by atoms with Crippen LogP contribution in [0.25, 0.3) is 0 Å². The van der Waals surface area contributed by atoms with Crippen LogP contribution in [0.4, 0.5) is 0 Å². The van der Waals surface area contributed by atoms with Crippen LogP contribution in [0, 0.1) is 0 Å². The van der Waals surface area contributed by atoms with Crippen LogP contribution in [0.15, 0.2) is 46.9 Å². The Bertz CT molecular complexity index is 647. The van der Waals surface area contributed by atoms with E-state index in [1.807, 2.05) is 36.4 Å². The molecule has 0 saturated carbocycles. The van der Waals surface area contributed by atoms with E-state index in [0.29, 0.717) is 6.42 Å². The maximum Gasteiger partial charge on any atom is 0.129 e. The summed E-state index contributed by atoms with van der Waals surface area (Å²) in [4.78, 5) is 0. The van der Waals surface area contributed by atoms with E-state index in [-0.39, 0.29) is 5.60 Å². The summed E-state index contributed by atoms with van der Waals surface area (Å²) in [6.45, 7) is 4.16. The van der Waals surface area contributed by atoms with Crippen molar-refractivity contribution in [2.24, 2.45) is 0 Å². The van der Waals surface area contributed by atoms with Crippen molar-refractivity contribution in [3.8, 4) is 5.75 Å². The molecular formula is C18H19BrO2. The maximum atomic E-state index is 10.6. The fourth-order valence-corrected chi connectivity index (χ4v) is 3.12. The highest BCUT2D eigenvalue weighted by Gasteiger charge is 2.32. The molecule has 0 aromatic heterocycles. The molecule has 0 saturated heterocycles. The van der Waals surface area contributed by atoms with Gasteiger partial charge in [0.1, 0.15) is 11.4 Å². The molecule has 0 aliphatic carbocycles. The second kappa shape index (κ2) is 5.47. The molecule has 110 valence electrons. The van der Waals surface area contributed by atoms with E-state index in [9.17, 15) is 5.11 Å². The summed E-state index contributed by atoms with van der Waals surface area (Å²) < 4.78 is 7.08. The molecule has 2 nitrogen and oxygen atoms in total. The van der Waals surface area contributed by atoms with Crippen molar-refractivity contribution >= 4 is 15.9 Å². The summed E-state index contributed by atoms with van der Waals surface area (Å²) in [7, 11) is 0. The van der Waals surface area contributed by atoms with Crippen molar-refractivity contribution in [2.45, 2.75) is 38.4 Å². The Morgan fingerprint density at radius 3 is 2.62 bits per heavy atom. The van der Waals surface area contributed by atoms with E-state index in [1.54, 1.807) is 0 Å². The van der Waals surface area contributed by atoms with Gasteiger partial charge in [-0.25, -0.2) is 0 Å². The molecule has 0 amide bonds. The molecule has 0 radical (unpaired) electrons. The molecule has 1 heterocycles. The minimum atomic E-state index is -0.546. The van der Waals surface area contributed by atoms with E-state index in [1.165, 1.54) is 5.56 Å². The van der Waals surface area contributed by atoms with Gasteiger partial charge in [0, 0.05) is 22.9 Å². The molecule has 21 heavy (non-hydrogen) atoms. The van der Waals surface area contributed by atoms with E-state index < -0.39 is 6.10 Å². The fraction of sp³-hybridized carbons (Fsp3) is 0.333. The van der Waals surface area contributed by atoms with Crippen molar-refractivity contribution in [1.82, 2.24) is 0 Å². The van der Waals surface area contributed by atoms with E-state index in [2.05, 4.69) is 35.8 Å². The lowest BCUT2D eigenvalue weighted by atomic mass is 9.96. The zero-order chi connectivity index (χ0) is 15.0. The summed E-state index contributed by atoms with van der Waals surface area (Å²) in [5.41, 5.74) is 3.00. The zero-order valence-electron chi connectivity index (χ0n) is 12.3. The third kappa shape index (κ3) is 3.14. The predicted octanol–water partition coefficient (Wildman–Crippen LogP) is 4.44. The van der Waals surface area contributed by atoms with Crippen molar-refractivity contribution < 1.29 is 9.84 Å². The molecule has 1 atom stereocenters. The number of rotatable bonds is 3. The summed E-state index contributed by atoms with van der Waals surface area (Å²) >= 11 is 3.43. The summed E-state index contributed by atoms with van der Waals surface area (Å²) in [5.74, 6) is 0.868. The number of fused-ring (bicyclic) bond motifs is 1. The fourth-order valence-electron chi connectivity index (χ4n) is 2.86. The van der Waals surface area contributed by atoms with Crippen LogP contribution >= 0.6 is 15.9 Å². The Balaban J connectivity index is 1.85. The molecule has 1 N–H and O–H groups in total. The number of aliphatic hydroxyl groups is 1. The molecule has 0 spiro atoms. The standard InChI is InChI=1S/C18H19BrO2/c1-18(2)11-13-4-3-5-15(17(13)21-18)16(20)10-12-6-8-14(19)9-7-12/h3-9,16,20H,10-11H2,1-2H3. The van der Waals surface area contributed by atoms with Gasteiger partial charge in [-0.3, -0.25) is 0 Å². The van der Waals surface area contributed by atoms with E-state index in [0.717, 1.165) is 27.8 Å². The Kier molecular flexibility index (Phi) is 3.80. The number of hydrogen-bond acceptors (Lipinski definition) is 2. The Labute approximate surface area is 133 Å². The van der Waals surface area contributed by atoms with Crippen LogP contribution < -0.4 is 4.74 Å². The second-order valence-electron chi connectivity index (χ2n) is 6.22. The molecule has 3 heteroatoms. The molecule has 3 rings (SSSR count). The highest BCUT2D eigenvalue weighted by Crippen LogP contribution is 2.40. The average Bonchev–Trinajstić information content (AvgIpc) is 2.74. The number of aliphatic hydroxyl groups excluding tert-OH is 1. The van der Waals surface area contributed by atoms with Crippen molar-refractivity contribution in [3.05, 3.63) is 63.6 Å². The lowest BCUT2D eigenvalue weighted by molar-refractivity contribution is 0.126. The quantitative estimate of drug-likeness (QED) is 0.890. The van der Waals surface area contributed by atoms with Crippen molar-refractivity contribution in [1.29, 1.82) is 0 Å². The predicted molar refractivity (Wildman–Crippen MR) is 87.7 cm³/mol. The Morgan fingerprint density at radius 1 is 1.19 bits per heavy atom. The minimum absolute atomic E-state index is 0.185. The summed E-state index contributed by atoms with van der Waals surface area (Å²) in [6, 6.07) is 14.1. The molecule has 1 aliphatic rings. The van der Waals surface area contributed by atoms with Gasteiger partial charge in [-0.2, -0.15) is 0 Å². The van der Waals surface area contributed by atoms with Crippen molar-refractivity contribution in [2.75, 3.05) is 0 Å². The van der Waals surface area contributed by atoms with Crippen LogP contribution in [0.3, 0.4) is 0 Å². The van der Waals surface area contributed by atoms with Gasteiger partial charge < -0.3 is 9.84 Å². The van der Waals surface area contributed by atoms with Gasteiger partial charge in [0.05, 0.1) is 6.10 Å². The Hall–Kier alpha value is -1.32. The number of halogens is 1. The van der Waals surface area contributed by atoms with Crippen LogP contribution in [0.5, 0.6) is 5.75 Å². The topological polar surface area (TPSA) is 29.5 Å². The van der Waals surface area contributed by atoms with Gasteiger partial charge in [-0.15, -0.1) is 0 Å². The van der Waals surface area contributed by atoms with Crippen LogP contribution in [-0.4, -0.2) is 10.7 Å². The summed E-state index contributed by atoms with van der Waals surface area (Å²) in [6.07, 6.45) is 0.935. The third-order valence-corrected chi connectivity index (χ3v) is 4.35. The first-order valence-corrected chi connectivity index (χ1v) is 7.97. The number of para-hydroxylation sites is 1. The lowest BCUT2D eigenvalue weighted by Crippen LogP contribution is -2.25. The average molecular weight is 347 g/mol. The zero-order valence-corrected chi connectivity index (χ0v) is 13.9.